The van der Waals surface area contributed by atoms with Crippen LogP contribution >= 0.6 is 11.8 Å². The molecule has 0 saturated carbocycles. The molecular weight excluding hydrogens is 450 g/mol. The Morgan fingerprint density at radius 3 is 2.47 bits per heavy atom. The van der Waals surface area contributed by atoms with Gasteiger partial charge in [-0.1, -0.05) is 60.3 Å². The maximum absolute atomic E-state index is 12.6. The van der Waals surface area contributed by atoms with Gasteiger partial charge in [0, 0.05) is 11.1 Å². The average molecular weight is 470 g/mol. The van der Waals surface area contributed by atoms with E-state index >= 15 is 0 Å². The fraction of sp³-hybridized carbons (Fsp3) is 0.0400. The molecule has 0 bridgehead atoms. The van der Waals surface area contributed by atoms with Crippen LogP contribution in [0.4, 0.5) is 5.69 Å². The van der Waals surface area contributed by atoms with Gasteiger partial charge in [-0.25, -0.2) is 0 Å². The lowest BCUT2D eigenvalue weighted by Gasteiger charge is -2.10. The lowest BCUT2D eigenvalue weighted by molar-refractivity contribution is -0.113. The molecule has 0 spiro atoms. The van der Waals surface area contributed by atoms with Crippen molar-refractivity contribution in [1.82, 2.24) is 14.8 Å². The van der Waals surface area contributed by atoms with E-state index in [0.29, 0.717) is 22.4 Å². The van der Waals surface area contributed by atoms with Gasteiger partial charge in [0.05, 0.1) is 17.0 Å². The highest BCUT2D eigenvalue weighted by Crippen LogP contribution is 2.31. The topological polar surface area (TPSA) is 116 Å². The van der Waals surface area contributed by atoms with Crippen LogP contribution in [-0.2, 0) is 4.79 Å². The van der Waals surface area contributed by atoms with E-state index in [-0.39, 0.29) is 17.2 Å². The first kappa shape index (κ1) is 21.5. The van der Waals surface area contributed by atoms with Crippen molar-refractivity contribution in [3.05, 3.63) is 90.5 Å². The van der Waals surface area contributed by atoms with E-state index in [0.717, 1.165) is 16.7 Å². The number of amides is 2. The molecule has 0 radical (unpaired) electrons. The van der Waals surface area contributed by atoms with E-state index < -0.39 is 5.91 Å². The monoisotopic (exact) mass is 469 g/mol. The van der Waals surface area contributed by atoms with Crippen LogP contribution in [0.25, 0.3) is 28.2 Å². The molecular formula is C25H19N5O3S. The van der Waals surface area contributed by atoms with Crippen molar-refractivity contribution in [3.8, 4) is 17.3 Å². The summed E-state index contributed by atoms with van der Waals surface area (Å²) >= 11 is 1.23. The van der Waals surface area contributed by atoms with E-state index in [9.17, 15) is 9.59 Å². The van der Waals surface area contributed by atoms with E-state index in [1.165, 1.54) is 11.8 Å². The zero-order chi connectivity index (χ0) is 23.5. The van der Waals surface area contributed by atoms with Crippen LogP contribution in [0.3, 0.4) is 0 Å². The van der Waals surface area contributed by atoms with Crippen LogP contribution < -0.4 is 11.1 Å². The van der Waals surface area contributed by atoms with Crippen LogP contribution in [0.5, 0.6) is 0 Å². The number of nitrogens with two attached hydrogens (primary N) is 1. The van der Waals surface area contributed by atoms with Crippen molar-refractivity contribution in [2.75, 3.05) is 11.1 Å². The quantitative estimate of drug-likeness (QED) is 0.339. The second kappa shape index (κ2) is 9.24. The molecule has 0 fully saturated rings. The first-order valence-corrected chi connectivity index (χ1v) is 11.4. The van der Waals surface area contributed by atoms with Gasteiger partial charge in [0.2, 0.25) is 11.7 Å². The number of carbonyl (C=O) groups excluding carboxylic acids is 2. The van der Waals surface area contributed by atoms with Crippen LogP contribution in [0, 0.1) is 0 Å². The number of furan rings is 1. The van der Waals surface area contributed by atoms with Gasteiger partial charge in [-0.3, -0.25) is 14.2 Å². The van der Waals surface area contributed by atoms with Crippen molar-refractivity contribution >= 4 is 40.2 Å². The predicted molar refractivity (Wildman–Crippen MR) is 131 cm³/mol. The lowest BCUT2D eigenvalue weighted by Crippen LogP contribution is -2.19. The number of primary amides is 1. The molecule has 34 heavy (non-hydrogen) atoms. The fourth-order valence-electron chi connectivity index (χ4n) is 3.55. The Morgan fingerprint density at radius 1 is 0.941 bits per heavy atom. The Bertz CT molecular complexity index is 1460. The lowest BCUT2D eigenvalue weighted by atomic mass is 10.1. The molecule has 9 heteroatoms. The molecule has 5 rings (SSSR count). The number of benzene rings is 3. The van der Waals surface area contributed by atoms with Crippen molar-refractivity contribution in [2.24, 2.45) is 5.73 Å². The number of thioether (sulfide) groups is 1. The molecule has 8 nitrogen and oxygen atoms in total. The number of anilines is 1. The summed E-state index contributed by atoms with van der Waals surface area (Å²) in [5.41, 5.74) is 7.61. The Kier molecular flexibility index (Phi) is 5.84. The number of hydrogen-bond donors (Lipinski definition) is 2. The van der Waals surface area contributed by atoms with E-state index in [1.807, 2.05) is 65.2 Å². The largest absolute Gasteiger partial charge is 0.453 e. The minimum Gasteiger partial charge on any atom is -0.453 e. The third kappa shape index (κ3) is 4.28. The summed E-state index contributed by atoms with van der Waals surface area (Å²) in [6.07, 6.45) is 0. The molecule has 168 valence electrons. The molecule has 0 aliphatic carbocycles. The number of fused-ring (bicyclic) bond motifs is 1. The molecule has 2 aromatic heterocycles. The van der Waals surface area contributed by atoms with Gasteiger partial charge in [0.15, 0.2) is 10.9 Å². The van der Waals surface area contributed by atoms with E-state index in [4.69, 9.17) is 10.2 Å². The average Bonchev–Trinajstić information content (AvgIpc) is 3.47. The molecule has 0 saturated heterocycles. The number of nitrogens with zero attached hydrogens (tertiary/aromatic N) is 3. The number of aromatic nitrogens is 3. The zero-order valence-electron chi connectivity index (χ0n) is 17.8. The summed E-state index contributed by atoms with van der Waals surface area (Å²) in [5, 5.41) is 12.9. The predicted octanol–water partition coefficient (Wildman–Crippen LogP) is 4.51. The third-order valence-corrected chi connectivity index (χ3v) is 6.02. The summed E-state index contributed by atoms with van der Waals surface area (Å²) in [4.78, 5) is 24.3. The third-order valence-electron chi connectivity index (χ3n) is 5.09. The maximum atomic E-state index is 12.6. The zero-order valence-corrected chi connectivity index (χ0v) is 18.7. The van der Waals surface area contributed by atoms with Crippen molar-refractivity contribution < 1.29 is 14.0 Å². The van der Waals surface area contributed by atoms with Crippen LogP contribution in [0.15, 0.2) is 94.5 Å². The number of carbonyl (C=O) groups is 2. The van der Waals surface area contributed by atoms with Crippen LogP contribution in [0.1, 0.15) is 10.4 Å². The van der Waals surface area contributed by atoms with E-state index in [1.54, 1.807) is 24.3 Å². The molecule has 0 aliphatic heterocycles. The summed E-state index contributed by atoms with van der Waals surface area (Å²) in [5.74, 6) is 0.251. The minimum atomic E-state index is -0.608. The fourth-order valence-corrected chi connectivity index (χ4v) is 4.30. The second-order valence-electron chi connectivity index (χ2n) is 7.37. The number of hydrogen-bond acceptors (Lipinski definition) is 6. The molecule has 3 aromatic carbocycles. The first-order chi connectivity index (χ1) is 16.6. The Balaban J connectivity index is 1.43. The van der Waals surface area contributed by atoms with Gasteiger partial charge in [-0.2, -0.15) is 0 Å². The Hall–Kier alpha value is -4.37. The van der Waals surface area contributed by atoms with Crippen molar-refractivity contribution in [3.63, 3.8) is 0 Å². The van der Waals surface area contributed by atoms with Gasteiger partial charge in [0.1, 0.15) is 5.58 Å². The smallest absolute Gasteiger partial charge is 0.250 e. The Labute approximate surface area is 198 Å². The number of rotatable bonds is 7. The second-order valence-corrected chi connectivity index (χ2v) is 8.31. The van der Waals surface area contributed by atoms with Crippen molar-refractivity contribution in [1.29, 1.82) is 0 Å². The molecule has 5 aromatic rings. The first-order valence-electron chi connectivity index (χ1n) is 10.4. The molecule has 2 heterocycles. The Morgan fingerprint density at radius 2 is 1.68 bits per heavy atom. The number of para-hydroxylation sites is 3. The SMILES string of the molecule is NC(=O)c1ccccc1NC(=O)CSc1nnc(-c2cc3ccccc3o2)n1-c1ccccc1. The van der Waals surface area contributed by atoms with Gasteiger partial charge in [-0.15, -0.1) is 10.2 Å². The molecule has 3 N–H and O–H groups in total. The van der Waals surface area contributed by atoms with Gasteiger partial charge in [-0.05, 0) is 36.4 Å². The molecule has 0 atom stereocenters. The summed E-state index contributed by atoms with van der Waals surface area (Å²) in [7, 11) is 0. The summed E-state index contributed by atoms with van der Waals surface area (Å²) in [6, 6.07) is 25.9. The van der Waals surface area contributed by atoms with Crippen LogP contribution in [0.2, 0.25) is 0 Å². The molecule has 0 aliphatic rings. The molecule has 0 unspecified atom stereocenters. The van der Waals surface area contributed by atoms with Gasteiger partial charge >= 0.3 is 0 Å². The summed E-state index contributed by atoms with van der Waals surface area (Å²) < 4.78 is 7.87. The maximum Gasteiger partial charge on any atom is 0.250 e. The minimum absolute atomic E-state index is 0.0538. The highest BCUT2D eigenvalue weighted by Gasteiger charge is 2.20. The standard InChI is InChI=1S/C25H19N5O3S/c26-23(32)18-11-5-6-12-19(18)27-22(31)15-34-25-29-28-24(30(25)17-9-2-1-3-10-17)21-14-16-8-4-7-13-20(16)33-21/h1-14H,15H2,(H2,26,32)(H,27,31). The van der Waals surface area contributed by atoms with Gasteiger partial charge in [0.25, 0.3) is 5.91 Å². The van der Waals surface area contributed by atoms with Crippen LogP contribution in [-0.4, -0.2) is 32.3 Å². The summed E-state index contributed by atoms with van der Waals surface area (Å²) in [6.45, 7) is 0. The van der Waals surface area contributed by atoms with Crippen molar-refractivity contribution in [2.45, 2.75) is 5.16 Å². The van der Waals surface area contributed by atoms with Gasteiger partial charge < -0.3 is 15.5 Å². The highest BCUT2D eigenvalue weighted by atomic mass is 32.2. The normalized spacial score (nSPS) is 10.9. The van der Waals surface area contributed by atoms with E-state index in [2.05, 4.69) is 15.5 Å². The molecule has 2 amide bonds. The highest BCUT2D eigenvalue weighted by molar-refractivity contribution is 7.99. The number of nitrogens with one attached hydrogen (secondary N) is 1.